The Morgan fingerprint density at radius 3 is 2.65 bits per heavy atom. The Morgan fingerprint density at radius 1 is 1.05 bits per heavy atom. The molecule has 1 heterocycles. The highest BCUT2D eigenvalue weighted by atomic mass is 32.2. The van der Waals surface area contributed by atoms with Crippen LogP contribution in [0.15, 0.2) is 64.6 Å². The summed E-state index contributed by atoms with van der Waals surface area (Å²) in [6.45, 7) is 0. The Hall–Kier alpha value is -2.07. The maximum Gasteiger partial charge on any atom is 0.365 e. The van der Waals surface area contributed by atoms with Crippen molar-refractivity contribution in [1.82, 2.24) is 0 Å². The van der Waals surface area contributed by atoms with Crippen LogP contribution in [0.5, 0.6) is 0 Å². The second-order valence-electron chi connectivity index (χ2n) is 4.38. The summed E-state index contributed by atoms with van der Waals surface area (Å²) in [6.07, 6.45) is 0.809. The molecule has 100 valence electrons. The van der Waals surface area contributed by atoms with Crippen molar-refractivity contribution in [2.75, 3.05) is 5.75 Å². The number of hydrogen-bond donors (Lipinski definition) is 0. The second kappa shape index (κ2) is 5.92. The van der Waals surface area contributed by atoms with E-state index in [4.69, 9.17) is 4.84 Å². The van der Waals surface area contributed by atoms with Gasteiger partial charge in [-0.25, -0.2) is 4.79 Å². The molecule has 0 bridgehead atoms. The average Bonchev–Trinajstić information content (AvgIpc) is 2.53. The highest BCUT2D eigenvalue weighted by molar-refractivity contribution is 7.99. The molecule has 4 heteroatoms. The summed E-state index contributed by atoms with van der Waals surface area (Å²) in [5, 5.41) is 4.05. The molecule has 0 saturated heterocycles. The first-order valence-electron chi connectivity index (χ1n) is 6.40. The van der Waals surface area contributed by atoms with E-state index in [0.29, 0.717) is 5.56 Å². The van der Waals surface area contributed by atoms with E-state index in [2.05, 4.69) is 11.2 Å². The van der Waals surface area contributed by atoms with E-state index in [0.717, 1.165) is 23.4 Å². The molecule has 2 aromatic rings. The van der Waals surface area contributed by atoms with Crippen LogP contribution in [-0.4, -0.2) is 17.4 Å². The lowest BCUT2D eigenvalue weighted by Crippen LogP contribution is -2.11. The first-order valence-corrected chi connectivity index (χ1v) is 7.38. The van der Waals surface area contributed by atoms with Crippen molar-refractivity contribution < 1.29 is 9.63 Å². The molecule has 3 rings (SSSR count). The number of nitrogens with zero attached hydrogens (tertiary/aromatic N) is 1. The predicted octanol–water partition coefficient (Wildman–Crippen LogP) is 3.74. The van der Waals surface area contributed by atoms with E-state index in [1.807, 2.05) is 24.3 Å². The summed E-state index contributed by atoms with van der Waals surface area (Å²) in [5.41, 5.74) is 2.41. The summed E-state index contributed by atoms with van der Waals surface area (Å²) in [4.78, 5) is 18.1. The summed E-state index contributed by atoms with van der Waals surface area (Å²) in [7, 11) is 0. The minimum Gasteiger partial charge on any atom is -0.313 e. The van der Waals surface area contributed by atoms with Gasteiger partial charge in [-0.05, 0) is 18.2 Å². The number of thioether (sulfide) groups is 1. The fourth-order valence-corrected chi connectivity index (χ4v) is 3.07. The number of oxime groups is 1. The van der Waals surface area contributed by atoms with Crippen molar-refractivity contribution in [3.05, 3.63) is 65.7 Å². The molecule has 0 unspecified atom stereocenters. The third-order valence-corrected chi connectivity index (χ3v) is 4.12. The SMILES string of the molecule is O=C(O/N=C1/CCSc2ccccc21)c1ccccc1. The van der Waals surface area contributed by atoms with Gasteiger partial charge in [0.05, 0.1) is 11.3 Å². The molecule has 0 N–H and O–H groups in total. The monoisotopic (exact) mass is 283 g/mol. The van der Waals surface area contributed by atoms with E-state index in [1.165, 1.54) is 4.90 Å². The fraction of sp³-hybridized carbons (Fsp3) is 0.125. The Balaban J connectivity index is 1.79. The number of benzene rings is 2. The van der Waals surface area contributed by atoms with Crippen molar-refractivity contribution in [3.63, 3.8) is 0 Å². The van der Waals surface area contributed by atoms with Crippen molar-refractivity contribution in [2.45, 2.75) is 11.3 Å². The van der Waals surface area contributed by atoms with Crippen molar-refractivity contribution in [1.29, 1.82) is 0 Å². The number of hydrogen-bond acceptors (Lipinski definition) is 4. The third kappa shape index (κ3) is 2.75. The molecular formula is C16H13NO2S. The van der Waals surface area contributed by atoms with Crippen LogP contribution >= 0.6 is 11.8 Å². The second-order valence-corrected chi connectivity index (χ2v) is 5.51. The summed E-state index contributed by atoms with van der Waals surface area (Å²) in [5.74, 6) is 0.535. The van der Waals surface area contributed by atoms with Gasteiger partial charge in [0, 0.05) is 22.6 Å². The molecular weight excluding hydrogens is 270 g/mol. The van der Waals surface area contributed by atoms with E-state index in [-0.39, 0.29) is 0 Å². The first-order chi connectivity index (χ1) is 9.84. The molecule has 0 fully saturated rings. The van der Waals surface area contributed by atoms with Crippen molar-refractivity contribution in [3.8, 4) is 0 Å². The molecule has 20 heavy (non-hydrogen) atoms. The highest BCUT2D eigenvalue weighted by Gasteiger charge is 2.16. The maximum atomic E-state index is 11.9. The van der Waals surface area contributed by atoms with Crippen LogP contribution in [0.1, 0.15) is 22.3 Å². The van der Waals surface area contributed by atoms with E-state index in [1.54, 1.807) is 36.0 Å². The predicted molar refractivity (Wildman–Crippen MR) is 80.2 cm³/mol. The maximum absolute atomic E-state index is 11.9. The molecule has 3 nitrogen and oxygen atoms in total. The van der Waals surface area contributed by atoms with E-state index < -0.39 is 5.97 Å². The standard InChI is InChI=1S/C16H13NO2S/c18-16(12-6-2-1-3-7-12)19-17-14-10-11-20-15-9-5-4-8-13(14)15/h1-9H,10-11H2/b17-14-. The Kier molecular flexibility index (Phi) is 3.83. The molecule has 0 aromatic heterocycles. The third-order valence-electron chi connectivity index (χ3n) is 3.04. The van der Waals surface area contributed by atoms with Gasteiger partial charge in [-0.1, -0.05) is 41.6 Å². The molecule has 0 spiro atoms. The molecule has 0 radical (unpaired) electrons. The minimum atomic E-state index is -0.422. The summed E-state index contributed by atoms with van der Waals surface area (Å²) in [6, 6.07) is 16.9. The molecule has 1 aliphatic rings. The van der Waals surface area contributed by atoms with Crippen LogP contribution in [-0.2, 0) is 4.84 Å². The van der Waals surface area contributed by atoms with Gasteiger partial charge in [0.15, 0.2) is 0 Å². The van der Waals surface area contributed by atoms with Crippen LogP contribution in [0, 0.1) is 0 Å². The number of fused-ring (bicyclic) bond motifs is 1. The molecule has 0 atom stereocenters. The van der Waals surface area contributed by atoms with Gasteiger partial charge < -0.3 is 4.84 Å². The minimum absolute atomic E-state index is 0.422. The number of carbonyl (C=O) groups excluding carboxylic acids is 1. The number of rotatable bonds is 2. The van der Waals surface area contributed by atoms with Gasteiger partial charge in [-0.3, -0.25) is 0 Å². The largest absolute Gasteiger partial charge is 0.365 e. The van der Waals surface area contributed by atoms with Gasteiger partial charge in [0.1, 0.15) is 0 Å². The lowest BCUT2D eigenvalue weighted by molar-refractivity contribution is 0.0516. The van der Waals surface area contributed by atoms with Crippen molar-refractivity contribution in [2.24, 2.45) is 5.16 Å². The lowest BCUT2D eigenvalue weighted by Gasteiger charge is -2.16. The zero-order valence-electron chi connectivity index (χ0n) is 10.8. The highest BCUT2D eigenvalue weighted by Crippen LogP contribution is 2.30. The van der Waals surface area contributed by atoms with E-state index in [9.17, 15) is 4.79 Å². The number of carbonyl (C=O) groups is 1. The van der Waals surface area contributed by atoms with Crippen LogP contribution in [0.2, 0.25) is 0 Å². The molecule has 0 amide bonds. The van der Waals surface area contributed by atoms with Gasteiger partial charge >= 0.3 is 5.97 Å². The Labute approximate surface area is 121 Å². The van der Waals surface area contributed by atoms with Crippen LogP contribution in [0.4, 0.5) is 0 Å². The van der Waals surface area contributed by atoms with Crippen LogP contribution in [0.25, 0.3) is 0 Å². The average molecular weight is 283 g/mol. The zero-order chi connectivity index (χ0) is 13.8. The first kappa shape index (κ1) is 12.9. The quantitative estimate of drug-likeness (QED) is 0.622. The molecule has 0 aliphatic carbocycles. The van der Waals surface area contributed by atoms with E-state index >= 15 is 0 Å². The lowest BCUT2D eigenvalue weighted by atomic mass is 10.1. The van der Waals surface area contributed by atoms with Crippen LogP contribution in [0.3, 0.4) is 0 Å². The van der Waals surface area contributed by atoms with Gasteiger partial charge in [-0.15, -0.1) is 11.8 Å². The van der Waals surface area contributed by atoms with Gasteiger partial charge in [0.25, 0.3) is 0 Å². The smallest absolute Gasteiger partial charge is 0.313 e. The molecule has 2 aromatic carbocycles. The molecule has 0 saturated carbocycles. The summed E-state index contributed by atoms with van der Waals surface area (Å²) >= 11 is 1.80. The van der Waals surface area contributed by atoms with Crippen molar-refractivity contribution >= 4 is 23.4 Å². The van der Waals surface area contributed by atoms with Gasteiger partial charge in [-0.2, -0.15) is 0 Å². The topological polar surface area (TPSA) is 38.7 Å². The Morgan fingerprint density at radius 2 is 1.80 bits per heavy atom. The fourth-order valence-electron chi connectivity index (χ4n) is 2.04. The molecule has 1 aliphatic heterocycles. The zero-order valence-corrected chi connectivity index (χ0v) is 11.6. The Bertz CT molecular complexity index is 653. The van der Waals surface area contributed by atoms with Gasteiger partial charge in [0.2, 0.25) is 0 Å². The van der Waals surface area contributed by atoms with Crippen LogP contribution < -0.4 is 0 Å². The summed E-state index contributed by atoms with van der Waals surface area (Å²) < 4.78 is 0. The normalized spacial score (nSPS) is 15.7.